The van der Waals surface area contributed by atoms with Gasteiger partial charge in [-0.2, -0.15) is 0 Å². The van der Waals surface area contributed by atoms with Gasteiger partial charge in [-0.3, -0.25) is 9.69 Å². The number of amides is 3. The minimum Gasteiger partial charge on any atom is -0.324 e. The van der Waals surface area contributed by atoms with Crippen LogP contribution in [0.25, 0.3) is 0 Å². The second kappa shape index (κ2) is 7.11. The summed E-state index contributed by atoms with van der Waals surface area (Å²) in [6.45, 7) is 0.986. The Balaban J connectivity index is 1.62. The number of benzene rings is 2. The quantitative estimate of drug-likeness (QED) is 0.895. The number of nitrogens with one attached hydrogen (secondary N) is 1. The highest BCUT2D eigenvalue weighted by molar-refractivity contribution is 6.31. The summed E-state index contributed by atoms with van der Waals surface area (Å²) < 4.78 is 0. The van der Waals surface area contributed by atoms with E-state index in [0.717, 1.165) is 5.69 Å². The van der Waals surface area contributed by atoms with Gasteiger partial charge in [0.15, 0.2) is 0 Å². The molecule has 5 nitrogen and oxygen atoms in total. The van der Waals surface area contributed by atoms with Crippen LogP contribution in [0.3, 0.4) is 0 Å². The largest absolute Gasteiger partial charge is 0.325 e. The smallest absolute Gasteiger partial charge is 0.324 e. The lowest BCUT2D eigenvalue weighted by atomic mass is 10.3. The number of hydrogen-bond donors (Lipinski definition) is 1. The molecule has 7 heteroatoms. The summed E-state index contributed by atoms with van der Waals surface area (Å²) in [5, 5.41) is 3.84. The van der Waals surface area contributed by atoms with Gasteiger partial charge in [0.2, 0.25) is 5.91 Å². The maximum atomic E-state index is 12.5. The van der Waals surface area contributed by atoms with Crippen LogP contribution in [0.2, 0.25) is 10.0 Å². The van der Waals surface area contributed by atoms with Gasteiger partial charge in [-0.15, -0.1) is 0 Å². The number of nitrogens with zero attached hydrogens (tertiary/aromatic N) is 2. The summed E-state index contributed by atoms with van der Waals surface area (Å²) in [6.07, 6.45) is 0. The summed E-state index contributed by atoms with van der Waals surface area (Å²) in [5.74, 6) is -0.265. The third-order valence-electron chi connectivity index (χ3n) is 3.66. The molecule has 124 valence electrons. The number of halogens is 2. The molecule has 0 bridgehead atoms. The minimum absolute atomic E-state index is 0.0115. The molecule has 24 heavy (non-hydrogen) atoms. The van der Waals surface area contributed by atoms with E-state index in [-0.39, 0.29) is 18.5 Å². The lowest BCUT2D eigenvalue weighted by Crippen LogP contribution is -2.37. The van der Waals surface area contributed by atoms with Gasteiger partial charge in [0, 0.05) is 34.5 Å². The summed E-state index contributed by atoms with van der Waals surface area (Å²) in [4.78, 5) is 27.7. The monoisotopic (exact) mass is 363 g/mol. The molecule has 0 unspecified atom stereocenters. The third-order valence-corrected chi connectivity index (χ3v) is 4.13. The molecule has 1 N–H and O–H groups in total. The summed E-state index contributed by atoms with van der Waals surface area (Å²) in [7, 11) is 0. The molecule has 1 aliphatic rings. The van der Waals surface area contributed by atoms with Crippen molar-refractivity contribution in [1.82, 2.24) is 4.90 Å². The van der Waals surface area contributed by atoms with Gasteiger partial charge in [0.25, 0.3) is 0 Å². The molecule has 0 aromatic heterocycles. The van der Waals surface area contributed by atoms with E-state index in [0.29, 0.717) is 28.8 Å². The van der Waals surface area contributed by atoms with Gasteiger partial charge in [0.1, 0.15) is 6.54 Å². The zero-order valence-electron chi connectivity index (χ0n) is 12.7. The molecule has 2 aromatic carbocycles. The lowest BCUT2D eigenvalue weighted by molar-refractivity contribution is -0.116. The first-order valence-corrected chi connectivity index (χ1v) is 8.16. The SMILES string of the molecule is O=C(CN1CCN(c2cccc(Cl)c2)C1=O)Nc1cccc(Cl)c1. The van der Waals surface area contributed by atoms with Crippen molar-refractivity contribution in [3.05, 3.63) is 58.6 Å². The van der Waals surface area contributed by atoms with Crippen LogP contribution in [0.15, 0.2) is 48.5 Å². The molecule has 0 aliphatic carbocycles. The standard InChI is InChI=1S/C17H15Cl2N3O2/c18-12-3-1-5-14(9-12)20-16(23)11-21-7-8-22(17(21)24)15-6-2-4-13(19)10-15/h1-6,9-10H,7-8,11H2,(H,20,23). The summed E-state index contributed by atoms with van der Waals surface area (Å²) in [5.41, 5.74) is 1.33. The Bertz CT molecular complexity index is 782. The highest BCUT2D eigenvalue weighted by Gasteiger charge is 2.30. The van der Waals surface area contributed by atoms with Gasteiger partial charge >= 0.3 is 6.03 Å². The van der Waals surface area contributed by atoms with E-state index in [9.17, 15) is 9.59 Å². The fourth-order valence-electron chi connectivity index (χ4n) is 2.55. The lowest BCUT2D eigenvalue weighted by Gasteiger charge is -2.18. The van der Waals surface area contributed by atoms with Crippen molar-refractivity contribution in [3.63, 3.8) is 0 Å². The van der Waals surface area contributed by atoms with Gasteiger partial charge < -0.3 is 10.2 Å². The molecular weight excluding hydrogens is 349 g/mol. The topological polar surface area (TPSA) is 52.7 Å². The zero-order chi connectivity index (χ0) is 17.1. The maximum Gasteiger partial charge on any atom is 0.325 e. The van der Waals surface area contributed by atoms with E-state index in [1.807, 2.05) is 6.07 Å². The molecule has 0 atom stereocenters. The van der Waals surface area contributed by atoms with Crippen LogP contribution in [-0.2, 0) is 4.79 Å². The molecule has 1 saturated heterocycles. The number of rotatable bonds is 4. The number of carbonyl (C=O) groups is 2. The molecule has 3 rings (SSSR count). The maximum absolute atomic E-state index is 12.5. The second-order valence-electron chi connectivity index (χ2n) is 5.39. The van der Waals surface area contributed by atoms with Crippen molar-refractivity contribution < 1.29 is 9.59 Å². The van der Waals surface area contributed by atoms with Crippen molar-refractivity contribution in [1.29, 1.82) is 0 Å². The van der Waals surface area contributed by atoms with Gasteiger partial charge in [0.05, 0.1) is 0 Å². The summed E-state index contributed by atoms with van der Waals surface area (Å²) >= 11 is 11.9. The molecule has 1 aliphatic heterocycles. The highest BCUT2D eigenvalue weighted by atomic mass is 35.5. The molecule has 0 saturated carbocycles. The third kappa shape index (κ3) is 3.80. The number of carbonyl (C=O) groups excluding carboxylic acids is 2. The Kier molecular flexibility index (Phi) is 4.92. The molecular formula is C17H15Cl2N3O2. The van der Waals surface area contributed by atoms with Crippen molar-refractivity contribution in [2.75, 3.05) is 29.9 Å². The van der Waals surface area contributed by atoms with E-state index >= 15 is 0 Å². The van der Waals surface area contributed by atoms with Crippen LogP contribution in [0, 0.1) is 0 Å². The van der Waals surface area contributed by atoms with E-state index in [1.54, 1.807) is 47.4 Å². The van der Waals surface area contributed by atoms with Gasteiger partial charge in [-0.05, 0) is 36.4 Å². The Morgan fingerprint density at radius 1 is 1.04 bits per heavy atom. The molecule has 0 spiro atoms. The predicted octanol–water partition coefficient (Wildman–Crippen LogP) is 3.87. The van der Waals surface area contributed by atoms with Crippen LogP contribution in [0.4, 0.5) is 16.2 Å². The van der Waals surface area contributed by atoms with Crippen molar-refractivity contribution in [2.45, 2.75) is 0 Å². The summed E-state index contributed by atoms with van der Waals surface area (Å²) in [6, 6.07) is 13.8. The molecule has 3 amide bonds. The highest BCUT2D eigenvalue weighted by Crippen LogP contribution is 2.23. The number of anilines is 2. The zero-order valence-corrected chi connectivity index (χ0v) is 14.2. The van der Waals surface area contributed by atoms with Crippen LogP contribution in [0.5, 0.6) is 0 Å². The van der Waals surface area contributed by atoms with Gasteiger partial charge in [-0.1, -0.05) is 35.3 Å². The fraction of sp³-hybridized carbons (Fsp3) is 0.176. The van der Waals surface area contributed by atoms with Crippen molar-refractivity contribution in [3.8, 4) is 0 Å². The van der Waals surface area contributed by atoms with E-state index in [4.69, 9.17) is 23.2 Å². The van der Waals surface area contributed by atoms with Crippen LogP contribution in [-0.4, -0.2) is 36.5 Å². The van der Waals surface area contributed by atoms with Crippen LogP contribution < -0.4 is 10.2 Å². The molecule has 2 aromatic rings. The Labute approximate surface area is 149 Å². The Morgan fingerprint density at radius 2 is 1.75 bits per heavy atom. The van der Waals surface area contributed by atoms with E-state index in [1.165, 1.54) is 4.90 Å². The van der Waals surface area contributed by atoms with Crippen LogP contribution in [0.1, 0.15) is 0 Å². The first-order chi connectivity index (χ1) is 11.5. The first-order valence-electron chi connectivity index (χ1n) is 7.40. The van der Waals surface area contributed by atoms with Crippen molar-refractivity contribution in [2.24, 2.45) is 0 Å². The minimum atomic E-state index is -0.265. The Hall–Kier alpha value is -2.24. The molecule has 0 radical (unpaired) electrons. The number of hydrogen-bond acceptors (Lipinski definition) is 2. The second-order valence-corrected chi connectivity index (χ2v) is 6.27. The average Bonchev–Trinajstić information content (AvgIpc) is 2.88. The first kappa shape index (κ1) is 16.6. The fourth-order valence-corrected chi connectivity index (χ4v) is 2.93. The Morgan fingerprint density at radius 3 is 2.46 bits per heavy atom. The van der Waals surface area contributed by atoms with Crippen LogP contribution >= 0.6 is 23.2 Å². The van der Waals surface area contributed by atoms with Crippen molar-refractivity contribution >= 4 is 46.5 Å². The molecule has 1 heterocycles. The normalized spacial score (nSPS) is 14.2. The average molecular weight is 364 g/mol. The predicted molar refractivity (Wildman–Crippen MR) is 95.8 cm³/mol. The van der Waals surface area contributed by atoms with E-state index < -0.39 is 0 Å². The number of urea groups is 1. The molecule has 1 fully saturated rings. The van der Waals surface area contributed by atoms with Gasteiger partial charge in [-0.25, -0.2) is 4.79 Å². The van der Waals surface area contributed by atoms with E-state index in [2.05, 4.69) is 5.32 Å².